The standard InChI is InChI=1S/C19H17ClN2O3/c20-13-6-7-14-15(11-17(24)21-8-9-23)18(22-16(14)10-13)19(25)12-4-2-1-3-5-12/h1-7,10,22-23H,8-9,11H2,(H,21,24). The van der Waals surface area contributed by atoms with Gasteiger partial charge in [-0.3, -0.25) is 9.59 Å². The number of nitrogens with one attached hydrogen (secondary N) is 2. The van der Waals surface area contributed by atoms with E-state index in [4.69, 9.17) is 16.7 Å². The fourth-order valence-electron chi connectivity index (χ4n) is 2.76. The van der Waals surface area contributed by atoms with Gasteiger partial charge in [0.25, 0.3) is 0 Å². The van der Waals surface area contributed by atoms with E-state index in [0.717, 1.165) is 5.39 Å². The fraction of sp³-hybridized carbons (Fsp3) is 0.158. The summed E-state index contributed by atoms with van der Waals surface area (Å²) in [6.45, 7) is 0.0417. The Hall–Kier alpha value is -2.63. The summed E-state index contributed by atoms with van der Waals surface area (Å²) in [6.07, 6.45) is 0.0372. The summed E-state index contributed by atoms with van der Waals surface area (Å²) in [4.78, 5) is 28.1. The lowest BCUT2D eigenvalue weighted by molar-refractivity contribution is -0.120. The largest absolute Gasteiger partial charge is 0.395 e. The average Bonchev–Trinajstić information content (AvgIpc) is 2.97. The molecular formula is C19H17ClN2O3. The molecule has 5 nitrogen and oxygen atoms in total. The van der Waals surface area contributed by atoms with Gasteiger partial charge in [-0.2, -0.15) is 0 Å². The molecule has 3 aromatic rings. The van der Waals surface area contributed by atoms with Gasteiger partial charge in [0.1, 0.15) is 0 Å². The zero-order chi connectivity index (χ0) is 17.8. The molecule has 0 radical (unpaired) electrons. The first-order valence-corrected chi connectivity index (χ1v) is 8.25. The minimum atomic E-state index is -0.257. The smallest absolute Gasteiger partial charge is 0.224 e. The van der Waals surface area contributed by atoms with Crippen LogP contribution in [0.4, 0.5) is 0 Å². The number of fused-ring (bicyclic) bond motifs is 1. The molecule has 6 heteroatoms. The van der Waals surface area contributed by atoms with Gasteiger partial charge in [-0.25, -0.2) is 0 Å². The van der Waals surface area contributed by atoms with E-state index in [1.165, 1.54) is 0 Å². The highest BCUT2D eigenvalue weighted by Gasteiger charge is 2.21. The number of halogens is 1. The van der Waals surface area contributed by atoms with E-state index < -0.39 is 0 Å². The number of H-pyrrole nitrogens is 1. The number of benzene rings is 2. The average molecular weight is 357 g/mol. The van der Waals surface area contributed by atoms with Crippen molar-refractivity contribution in [1.82, 2.24) is 10.3 Å². The second-order valence-electron chi connectivity index (χ2n) is 5.61. The zero-order valence-electron chi connectivity index (χ0n) is 13.4. The summed E-state index contributed by atoms with van der Waals surface area (Å²) in [5, 5.41) is 12.8. The van der Waals surface area contributed by atoms with Gasteiger partial charge in [0.2, 0.25) is 11.7 Å². The van der Waals surface area contributed by atoms with Crippen LogP contribution in [0.2, 0.25) is 5.02 Å². The van der Waals surface area contributed by atoms with Crippen LogP contribution in [-0.2, 0) is 11.2 Å². The number of rotatable bonds is 6. The number of aliphatic hydroxyl groups excluding tert-OH is 1. The van der Waals surface area contributed by atoms with Gasteiger partial charge in [-0.05, 0) is 17.7 Å². The van der Waals surface area contributed by atoms with Crippen molar-refractivity contribution in [3.05, 3.63) is 70.4 Å². The first kappa shape index (κ1) is 17.2. The molecule has 0 unspecified atom stereocenters. The van der Waals surface area contributed by atoms with Crippen LogP contribution in [0.3, 0.4) is 0 Å². The maximum Gasteiger partial charge on any atom is 0.224 e. The molecule has 0 spiro atoms. The molecule has 0 saturated carbocycles. The van der Waals surface area contributed by atoms with Crippen LogP contribution in [0, 0.1) is 0 Å². The number of aromatic nitrogens is 1. The van der Waals surface area contributed by atoms with Crippen molar-refractivity contribution in [2.45, 2.75) is 6.42 Å². The van der Waals surface area contributed by atoms with Gasteiger partial charge in [-0.1, -0.05) is 48.0 Å². The molecule has 0 bridgehead atoms. The summed E-state index contributed by atoms with van der Waals surface area (Å²) in [6, 6.07) is 14.1. The minimum Gasteiger partial charge on any atom is -0.395 e. The monoisotopic (exact) mass is 356 g/mol. The predicted octanol–water partition coefficient (Wildman–Crippen LogP) is 2.70. The van der Waals surface area contributed by atoms with Crippen LogP contribution in [0.1, 0.15) is 21.6 Å². The molecule has 0 aliphatic rings. The second kappa shape index (κ2) is 7.51. The first-order valence-electron chi connectivity index (χ1n) is 7.87. The molecule has 3 rings (SSSR count). The lowest BCUT2D eigenvalue weighted by atomic mass is 10.0. The molecule has 0 saturated heterocycles. The van der Waals surface area contributed by atoms with Gasteiger partial charge >= 0.3 is 0 Å². The predicted molar refractivity (Wildman–Crippen MR) is 97.0 cm³/mol. The highest BCUT2D eigenvalue weighted by molar-refractivity contribution is 6.31. The number of aromatic amines is 1. The summed E-state index contributed by atoms with van der Waals surface area (Å²) < 4.78 is 0. The SMILES string of the molecule is O=C(Cc1c(C(=O)c2ccccc2)[nH]c2cc(Cl)ccc12)NCCO. The molecule has 0 atom stereocenters. The van der Waals surface area contributed by atoms with E-state index >= 15 is 0 Å². The lowest BCUT2D eigenvalue weighted by Crippen LogP contribution is -2.28. The van der Waals surface area contributed by atoms with Crippen molar-refractivity contribution in [3.63, 3.8) is 0 Å². The maximum absolute atomic E-state index is 12.9. The highest BCUT2D eigenvalue weighted by atomic mass is 35.5. The third kappa shape index (κ3) is 3.73. The minimum absolute atomic E-state index is 0.0372. The molecule has 1 amide bonds. The van der Waals surface area contributed by atoms with E-state index in [1.54, 1.807) is 42.5 Å². The van der Waals surface area contributed by atoms with Crippen molar-refractivity contribution in [3.8, 4) is 0 Å². The van der Waals surface area contributed by atoms with Crippen LogP contribution in [0.5, 0.6) is 0 Å². The Kier molecular flexibility index (Phi) is 5.16. The number of amides is 1. The third-order valence-corrected chi connectivity index (χ3v) is 4.14. The van der Waals surface area contributed by atoms with Gasteiger partial charge in [-0.15, -0.1) is 0 Å². The summed E-state index contributed by atoms with van der Waals surface area (Å²) in [5.41, 5.74) is 2.24. The van der Waals surface area contributed by atoms with E-state index in [1.807, 2.05) is 6.07 Å². The number of ketones is 1. The Labute approximate surface area is 149 Å². The molecule has 25 heavy (non-hydrogen) atoms. The molecule has 1 aromatic heterocycles. The van der Waals surface area contributed by atoms with Gasteiger partial charge in [0.05, 0.1) is 18.7 Å². The number of carbonyl (C=O) groups excluding carboxylic acids is 2. The summed E-state index contributed by atoms with van der Waals surface area (Å²) in [5.74, 6) is -0.440. The molecular weight excluding hydrogens is 340 g/mol. The Balaban J connectivity index is 2.05. The Bertz CT molecular complexity index is 919. The van der Waals surface area contributed by atoms with Crippen LogP contribution in [-0.4, -0.2) is 34.9 Å². The molecule has 1 heterocycles. The van der Waals surface area contributed by atoms with E-state index in [0.29, 0.717) is 27.4 Å². The Morgan fingerprint density at radius 2 is 1.88 bits per heavy atom. The molecule has 0 aliphatic heterocycles. The second-order valence-corrected chi connectivity index (χ2v) is 6.05. The lowest BCUT2D eigenvalue weighted by Gasteiger charge is -2.06. The van der Waals surface area contributed by atoms with Crippen molar-refractivity contribution in [2.24, 2.45) is 0 Å². The number of aliphatic hydroxyl groups is 1. The van der Waals surface area contributed by atoms with E-state index in [2.05, 4.69) is 10.3 Å². The normalized spacial score (nSPS) is 10.8. The van der Waals surface area contributed by atoms with Crippen LogP contribution >= 0.6 is 11.6 Å². The molecule has 128 valence electrons. The van der Waals surface area contributed by atoms with Gasteiger partial charge in [0.15, 0.2) is 0 Å². The third-order valence-electron chi connectivity index (χ3n) is 3.90. The van der Waals surface area contributed by atoms with Crippen molar-refractivity contribution >= 4 is 34.2 Å². The number of carbonyl (C=O) groups is 2. The van der Waals surface area contributed by atoms with Gasteiger partial charge < -0.3 is 15.4 Å². The van der Waals surface area contributed by atoms with E-state index in [-0.39, 0.29) is 31.3 Å². The van der Waals surface area contributed by atoms with Gasteiger partial charge in [0, 0.05) is 28.0 Å². The molecule has 0 aliphatic carbocycles. The molecule has 0 fully saturated rings. The summed E-state index contributed by atoms with van der Waals surface area (Å²) >= 11 is 6.04. The topological polar surface area (TPSA) is 82.2 Å². The van der Waals surface area contributed by atoms with Crippen molar-refractivity contribution < 1.29 is 14.7 Å². The Morgan fingerprint density at radius 3 is 2.60 bits per heavy atom. The quantitative estimate of drug-likeness (QED) is 0.594. The number of hydrogen-bond donors (Lipinski definition) is 3. The van der Waals surface area contributed by atoms with Crippen LogP contribution in [0.15, 0.2) is 48.5 Å². The first-order chi connectivity index (χ1) is 12.1. The van der Waals surface area contributed by atoms with Crippen molar-refractivity contribution in [1.29, 1.82) is 0 Å². The van der Waals surface area contributed by atoms with Crippen LogP contribution < -0.4 is 5.32 Å². The maximum atomic E-state index is 12.9. The van der Waals surface area contributed by atoms with Crippen molar-refractivity contribution in [2.75, 3.05) is 13.2 Å². The summed E-state index contributed by atoms with van der Waals surface area (Å²) in [7, 11) is 0. The van der Waals surface area contributed by atoms with Crippen LogP contribution in [0.25, 0.3) is 10.9 Å². The fourth-order valence-corrected chi connectivity index (χ4v) is 2.93. The molecule has 3 N–H and O–H groups in total. The Morgan fingerprint density at radius 1 is 1.12 bits per heavy atom. The molecule has 2 aromatic carbocycles. The number of hydrogen-bond acceptors (Lipinski definition) is 3. The highest BCUT2D eigenvalue weighted by Crippen LogP contribution is 2.27. The van der Waals surface area contributed by atoms with E-state index in [9.17, 15) is 9.59 Å². The zero-order valence-corrected chi connectivity index (χ0v) is 14.1.